The maximum absolute atomic E-state index is 4.30. The number of piperidine rings is 1. The Balaban J connectivity index is 1.68. The molecular formula is C18H30N4. The van der Waals surface area contributed by atoms with Gasteiger partial charge in [0.2, 0.25) is 0 Å². The minimum atomic E-state index is 0.813. The second kappa shape index (κ2) is 8.79. The Labute approximate surface area is 135 Å². The SMILES string of the molecule is CN=C(NCCN1CCC(C)CC1)NCc1ccccc1C. The van der Waals surface area contributed by atoms with Crippen LogP contribution in [0.2, 0.25) is 0 Å². The average molecular weight is 302 g/mol. The second-order valence-corrected chi connectivity index (χ2v) is 6.30. The normalized spacial score (nSPS) is 17.5. The van der Waals surface area contributed by atoms with Crippen LogP contribution in [0.4, 0.5) is 0 Å². The van der Waals surface area contributed by atoms with E-state index in [4.69, 9.17) is 0 Å². The lowest BCUT2D eigenvalue weighted by Crippen LogP contribution is -2.43. The molecule has 0 saturated carbocycles. The number of aryl methyl sites for hydroxylation is 1. The predicted octanol–water partition coefficient (Wildman–Crippen LogP) is 2.39. The van der Waals surface area contributed by atoms with Crippen molar-refractivity contribution >= 4 is 5.96 Å². The zero-order valence-electron chi connectivity index (χ0n) is 14.2. The fraction of sp³-hybridized carbons (Fsp3) is 0.611. The molecule has 0 amide bonds. The maximum Gasteiger partial charge on any atom is 0.191 e. The number of nitrogens with zero attached hydrogens (tertiary/aromatic N) is 2. The van der Waals surface area contributed by atoms with Crippen molar-refractivity contribution in [3.63, 3.8) is 0 Å². The summed E-state index contributed by atoms with van der Waals surface area (Å²) in [6.07, 6.45) is 2.67. The first-order valence-electron chi connectivity index (χ1n) is 8.40. The number of hydrogen-bond acceptors (Lipinski definition) is 2. The van der Waals surface area contributed by atoms with Crippen LogP contribution in [0.5, 0.6) is 0 Å². The molecule has 1 saturated heterocycles. The van der Waals surface area contributed by atoms with E-state index in [1.165, 1.54) is 37.1 Å². The molecule has 2 rings (SSSR count). The summed E-state index contributed by atoms with van der Waals surface area (Å²) in [5, 5.41) is 6.81. The van der Waals surface area contributed by atoms with Gasteiger partial charge in [-0.05, 0) is 49.9 Å². The average Bonchev–Trinajstić information content (AvgIpc) is 2.54. The quantitative estimate of drug-likeness (QED) is 0.648. The van der Waals surface area contributed by atoms with Gasteiger partial charge in [-0.3, -0.25) is 4.99 Å². The molecule has 1 fully saturated rings. The molecular weight excluding hydrogens is 272 g/mol. The molecule has 0 spiro atoms. The molecule has 1 aliphatic heterocycles. The van der Waals surface area contributed by atoms with Gasteiger partial charge in [-0.2, -0.15) is 0 Å². The lowest BCUT2D eigenvalue weighted by molar-refractivity contribution is 0.195. The highest BCUT2D eigenvalue weighted by Gasteiger charge is 2.14. The Bertz CT molecular complexity index is 476. The molecule has 4 heteroatoms. The van der Waals surface area contributed by atoms with Crippen molar-refractivity contribution in [1.82, 2.24) is 15.5 Å². The van der Waals surface area contributed by atoms with Crippen molar-refractivity contribution in [3.8, 4) is 0 Å². The summed E-state index contributed by atoms with van der Waals surface area (Å²) in [6.45, 7) is 9.82. The van der Waals surface area contributed by atoms with Crippen molar-refractivity contribution in [1.29, 1.82) is 0 Å². The Morgan fingerprint density at radius 2 is 1.95 bits per heavy atom. The molecule has 122 valence electrons. The Hall–Kier alpha value is -1.55. The van der Waals surface area contributed by atoms with Crippen LogP contribution in [0.1, 0.15) is 30.9 Å². The molecule has 22 heavy (non-hydrogen) atoms. The zero-order valence-corrected chi connectivity index (χ0v) is 14.2. The van der Waals surface area contributed by atoms with Crippen molar-refractivity contribution in [2.45, 2.75) is 33.2 Å². The molecule has 1 heterocycles. The summed E-state index contributed by atoms with van der Waals surface area (Å²) in [7, 11) is 1.83. The van der Waals surface area contributed by atoms with Crippen LogP contribution in [0.25, 0.3) is 0 Å². The molecule has 4 nitrogen and oxygen atoms in total. The fourth-order valence-electron chi connectivity index (χ4n) is 2.83. The first kappa shape index (κ1) is 16.8. The van der Waals surface area contributed by atoms with Gasteiger partial charge in [0.25, 0.3) is 0 Å². The third-order valence-electron chi connectivity index (χ3n) is 4.53. The van der Waals surface area contributed by atoms with Crippen molar-refractivity contribution in [3.05, 3.63) is 35.4 Å². The van der Waals surface area contributed by atoms with Gasteiger partial charge in [-0.25, -0.2) is 0 Å². The van der Waals surface area contributed by atoms with E-state index < -0.39 is 0 Å². The predicted molar refractivity (Wildman–Crippen MR) is 94.2 cm³/mol. The minimum absolute atomic E-state index is 0.813. The molecule has 0 bridgehead atoms. The van der Waals surface area contributed by atoms with E-state index in [-0.39, 0.29) is 0 Å². The van der Waals surface area contributed by atoms with Crippen LogP contribution < -0.4 is 10.6 Å². The minimum Gasteiger partial charge on any atom is -0.355 e. The van der Waals surface area contributed by atoms with Gasteiger partial charge < -0.3 is 15.5 Å². The number of nitrogens with one attached hydrogen (secondary N) is 2. The number of rotatable bonds is 5. The lowest BCUT2D eigenvalue weighted by Gasteiger charge is -2.30. The summed E-state index contributed by atoms with van der Waals surface area (Å²) >= 11 is 0. The van der Waals surface area contributed by atoms with Gasteiger partial charge in [-0.15, -0.1) is 0 Å². The summed E-state index contributed by atoms with van der Waals surface area (Å²) < 4.78 is 0. The zero-order chi connectivity index (χ0) is 15.8. The monoisotopic (exact) mass is 302 g/mol. The molecule has 0 aliphatic carbocycles. The van der Waals surface area contributed by atoms with E-state index in [1.54, 1.807) is 0 Å². The Morgan fingerprint density at radius 3 is 2.64 bits per heavy atom. The maximum atomic E-state index is 4.30. The topological polar surface area (TPSA) is 39.7 Å². The van der Waals surface area contributed by atoms with E-state index in [1.807, 2.05) is 7.05 Å². The van der Waals surface area contributed by atoms with Crippen LogP contribution in [-0.4, -0.2) is 44.1 Å². The van der Waals surface area contributed by atoms with Gasteiger partial charge in [0, 0.05) is 26.7 Å². The van der Waals surface area contributed by atoms with E-state index in [0.717, 1.165) is 31.5 Å². The van der Waals surface area contributed by atoms with Crippen LogP contribution in [0.3, 0.4) is 0 Å². The van der Waals surface area contributed by atoms with Gasteiger partial charge in [0.05, 0.1) is 0 Å². The third-order valence-corrected chi connectivity index (χ3v) is 4.53. The molecule has 1 aliphatic rings. The number of likely N-dealkylation sites (tertiary alicyclic amines) is 1. The van der Waals surface area contributed by atoms with Crippen LogP contribution in [-0.2, 0) is 6.54 Å². The number of hydrogen-bond donors (Lipinski definition) is 2. The highest BCUT2D eigenvalue weighted by Crippen LogP contribution is 2.15. The van der Waals surface area contributed by atoms with Crippen LogP contribution >= 0.6 is 0 Å². The summed E-state index contributed by atoms with van der Waals surface area (Å²) in [6, 6.07) is 8.46. The first-order valence-corrected chi connectivity index (χ1v) is 8.40. The van der Waals surface area contributed by atoms with Crippen molar-refractivity contribution < 1.29 is 0 Å². The van der Waals surface area contributed by atoms with Crippen LogP contribution in [0, 0.1) is 12.8 Å². The second-order valence-electron chi connectivity index (χ2n) is 6.30. The highest BCUT2D eigenvalue weighted by molar-refractivity contribution is 5.79. The third kappa shape index (κ3) is 5.34. The van der Waals surface area contributed by atoms with E-state index in [9.17, 15) is 0 Å². The van der Waals surface area contributed by atoms with Gasteiger partial charge in [0.1, 0.15) is 0 Å². The molecule has 0 radical (unpaired) electrons. The van der Waals surface area contributed by atoms with Crippen LogP contribution in [0.15, 0.2) is 29.3 Å². The Kier molecular flexibility index (Phi) is 6.72. The van der Waals surface area contributed by atoms with Crippen molar-refractivity contribution in [2.75, 3.05) is 33.2 Å². The summed E-state index contributed by atoms with van der Waals surface area (Å²) in [5.74, 6) is 1.78. The lowest BCUT2D eigenvalue weighted by atomic mass is 9.99. The Morgan fingerprint density at radius 1 is 1.23 bits per heavy atom. The molecule has 2 N–H and O–H groups in total. The number of guanidine groups is 1. The number of aliphatic imine (C=N–C) groups is 1. The summed E-state index contributed by atoms with van der Waals surface area (Å²) in [5.41, 5.74) is 2.63. The molecule has 0 unspecified atom stereocenters. The first-order chi connectivity index (χ1) is 10.7. The van der Waals surface area contributed by atoms with E-state index in [0.29, 0.717) is 0 Å². The number of benzene rings is 1. The van der Waals surface area contributed by atoms with Crippen molar-refractivity contribution in [2.24, 2.45) is 10.9 Å². The standard InChI is InChI=1S/C18H30N4/c1-15-8-11-22(12-9-15)13-10-20-18(19-3)21-14-17-7-5-4-6-16(17)2/h4-7,15H,8-14H2,1-3H3,(H2,19,20,21). The highest BCUT2D eigenvalue weighted by atomic mass is 15.2. The molecule has 0 atom stereocenters. The molecule has 1 aromatic carbocycles. The van der Waals surface area contributed by atoms with Gasteiger partial charge >= 0.3 is 0 Å². The van der Waals surface area contributed by atoms with E-state index >= 15 is 0 Å². The fourth-order valence-corrected chi connectivity index (χ4v) is 2.83. The van der Waals surface area contributed by atoms with E-state index in [2.05, 4.69) is 58.6 Å². The summed E-state index contributed by atoms with van der Waals surface area (Å²) in [4.78, 5) is 6.85. The molecule has 0 aromatic heterocycles. The van der Waals surface area contributed by atoms with Gasteiger partial charge in [-0.1, -0.05) is 31.2 Å². The van der Waals surface area contributed by atoms with Gasteiger partial charge in [0.15, 0.2) is 5.96 Å². The molecule has 1 aromatic rings. The largest absolute Gasteiger partial charge is 0.355 e. The smallest absolute Gasteiger partial charge is 0.191 e.